The molecule has 11 nitrogen and oxygen atoms in total. The number of rotatable bonds is 25. The van der Waals surface area contributed by atoms with E-state index in [4.69, 9.17) is 20.1 Å². The molecule has 0 aliphatic carbocycles. The van der Waals surface area contributed by atoms with Gasteiger partial charge in [-0.2, -0.15) is 0 Å². The first kappa shape index (κ1) is 43.7. The Morgan fingerprint density at radius 1 is 0.617 bits per heavy atom. The monoisotopic (exact) mass is 666 g/mol. The molecule has 0 aromatic heterocycles. The molecule has 0 bridgehead atoms. The number of aliphatic hydroxyl groups excluding tert-OH is 3. The summed E-state index contributed by atoms with van der Waals surface area (Å²) < 4.78 is 5.55. The van der Waals surface area contributed by atoms with E-state index in [1.807, 2.05) is 26.0 Å². The van der Waals surface area contributed by atoms with Crippen molar-refractivity contribution >= 4 is 23.9 Å². The van der Waals surface area contributed by atoms with Crippen molar-refractivity contribution in [2.24, 2.45) is 23.7 Å². The molecule has 0 heterocycles. The maximum atomic E-state index is 12.7. The number of aliphatic carboxylic acids is 3. The van der Waals surface area contributed by atoms with Crippen molar-refractivity contribution in [3.05, 3.63) is 46.6 Å². The van der Waals surface area contributed by atoms with Gasteiger partial charge >= 0.3 is 23.9 Å². The summed E-state index contributed by atoms with van der Waals surface area (Å²) in [5.74, 6) is -5.90. The summed E-state index contributed by atoms with van der Waals surface area (Å²) in [7, 11) is 0. The summed E-state index contributed by atoms with van der Waals surface area (Å²) in [6.07, 6.45) is 10.8. The zero-order valence-electron chi connectivity index (χ0n) is 29.0. The van der Waals surface area contributed by atoms with Crippen molar-refractivity contribution in [2.45, 2.75) is 118 Å². The van der Waals surface area contributed by atoms with Crippen LogP contribution in [0.25, 0.3) is 0 Å². The maximum absolute atomic E-state index is 12.7. The minimum atomic E-state index is -1.24. The third kappa shape index (κ3) is 20.5. The number of ether oxygens (including phenoxy) is 1. The van der Waals surface area contributed by atoms with E-state index in [0.29, 0.717) is 48.7 Å². The summed E-state index contributed by atoms with van der Waals surface area (Å²) in [5, 5.41) is 56.3. The summed E-state index contributed by atoms with van der Waals surface area (Å²) in [5.41, 5.74) is 3.41. The van der Waals surface area contributed by atoms with Gasteiger partial charge in [0, 0.05) is 12.2 Å². The second-order valence-corrected chi connectivity index (χ2v) is 13.1. The van der Waals surface area contributed by atoms with Gasteiger partial charge in [0.05, 0.1) is 19.3 Å². The second-order valence-electron chi connectivity index (χ2n) is 13.1. The van der Waals surface area contributed by atoms with Crippen LogP contribution >= 0.6 is 0 Å². The van der Waals surface area contributed by atoms with Crippen molar-refractivity contribution in [1.29, 1.82) is 0 Å². The van der Waals surface area contributed by atoms with Crippen LogP contribution in [0.5, 0.6) is 0 Å². The van der Waals surface area contributed by atoms with Crippen molar-refractivity contribution in [2.75, 3.05) is 13.2 Å². The number of allylic oxidation sites excluding steroid dienone is 6. The average molecular weight is 667 g/mol. The Hall–Kier alpha value is -3.28. The molecule has 11 heteroatoms. The van der Waals surface area contributed by atoms with Gasteiger partial charge in [-0.1, -0.05) is 69.2 Å². The number of esters is 1. The van der Waals surface area contributed by atoms with Crippen LogP contribution in [-0.2, 0) is 23.9 Å². The second kappa shape index (κ2) is 23.9. The minimum absolute atomic E-state index is 0.290. The molecule has 47 heavy (non-hydrogen) atoms. The first-order chi connectivity index (χ1) is 22.0. The highest BCUT2D eigenvalue weighted by molar-refractivity contribution is 5.84. The van der Waals surface area contributed by atoms with E-state index in [2.05, 4.69) is 13.8 Å². The van der Waals surface area contributed by atoms with E-state index in [9.17, 15) is 34.5 Å². The molecular formula is C36H58O11. The normalized spacial score (nSPS) is 17.0. The van der Waals surface area contributed by atoms with Crippen LogP contribution < -0.4 is 0 Å². The van der Waals surface area contributed by atoms with E-state index < -0.39 is 61.1 Å². The number of carbonyl (C=O) groups excluding carboxylic acids is 1. The molecule has 0 spiro atoms. The molecule has 268 valence electrons. The van der Waals surface area contributed by atoms with Crippen LogP contribution in [0.4, 0.5) is 0 Å². The van der Waals surface area contributed by atoms with Crippen LogP contribution in [0.3, 0.4) is 0 Å². The van der Waals surface area contributed by atoms with Gasteiger partial charge < -0.3 is 35.4 Å². The first-order valence-electron chi connectivity index (χ1n) is 16.5. The highest BCUT2D eigenvalue weighted by Crippen LogP contribution is 2.23. The van der Waals surface area contributed by atoms with Gasteiger partial charge in [0.25, 0.3) is 0 Å². The molecule has 0 saturated heterocycles. The van der Waals surface area contributed by atoms with Crippen molar-refractivity contribution < 1.29 is 54.6 Å². The van der Waals surface area contributed by atoms with Crippen LogP contribution in [0.2, 0.25) is 0 Å². The number of unbranched alkanes of at least 4 members (excludes halogenated alkanes) is 2. The summed E-state index contributed by atoms with van der Waals surface area (Å²) in [6, 6.07) is 0. The standard InChI is InChI=1S/C36H58O11/c1-23(11-7-9-13-31(39)29(21-37)35(43)44)16-26(4)18-28(6)20-34(42)47-32(30(22-38)36(45)46)14-10-8-12-24(2)15-25(3)17-27(5)19-33(40)41/h17-20,23-24,29-32,37-39H,7-16,21-22H2,1-6H3,(H,40,41)(H,43,44)(H,45,46)/b25-17+,26-18+,27-19+,28-20+. The van der Waals surface area contributed by atoms with E-state index in [1.54, 1.807) is 13.8 Å². The molecule has 0 rings (SSSR count). The first-order valence-corrected chi connectivity index (χ1v) is 16.5. The van der Waals surface area contributed by atoms with Crippen LogP contribution in [-0.4, -0.2) is 79.9 Å². The van der Waals surface area contributed by atoms with E-state index in [1.165, 1.54) is 6.08 Å². The Morgan fingerprint density at radius 3 is 1.47 bits per heavy atom. The van der Waals surface area contributed by atoms with Crippen molar-refractivity contribution in [3.63, 3.8) is 0 Å². The average Bonchev–Trinajstić information content (AvgIpc) is 2.92. The fourth-order valence-electron chi connectivity index (χ4n) is 5.79. The number of aliphatic hydroxyl groups is 3. The quantitative estimate of drug-likeness (QED) is 0.0303. The van der Waals surface area contributed by atoms with Gasteiger partial charge in [0.2, 0.25) is 0 Å². The Balaban J connectivity index is 5.00. The minimum Gasteiger partial charge on any atom is -0.481 e. The molecule has 0 saturated carbocycles. The lowest BCUT2D eigenvalue weighted by Crippen LogP contribution is -2.35. The van der Waals surface area contributed by atoms with Gasteiger partial charge in [-0.25, -0.2) is 9.59 Å². The Bertz CT molecular complexity index is 1120. The van der Waals surface area contributed by atoms with Crippen molar-refractivity contribution in [3.8, 4) is 0 Å². The number of carboxylic acid groups (broad SMARTS) is 3. The largest absolute Gasteiger partial charge is 0.481 e. The summed E-state index contributed by atoms with van der Waals surface area (Å²) in [4.78, 5) is 46.4. The molecule has 6 atom stereocenters. The fourth-order valence-corrected chi connectivity index (χ4v) is 5.79. The molecule has 0 aromatic rings. The Morgan fingerprint density at radius 2 is 1.04 bits per heavy atom. The van der Waals surface area contributed by atoms with Gasteiger partial charge in [0.15, 0.2) is 0 Å². The summed E-state index contributed by atoms with van der Waals surface area (Å²) >= 11 is 0. The third-order valence-electron chi connectivity index (χ3n) is 8.08. The zero-order chi connectivity index (χ0) is 36.1. The predicted molar refractivity (Wildman–Crippen MR) is 179 cm³/mol. The highest BCUT2D eigenvalue weighted by atomic mass is 16.5. The van der Waals surface area contributed by atoms with Gasteiger partial charge in [-0.05, 0) is 82.8 Å². The molecule has 0 radical (unpaired) electrons. The lowest BCUT2D eigenvalue weighted by atomic mass is 9.93. The highest BCUT2D eigenvalue weighted by Gasteiger charge is 2.30. The van der Waals surface area contributed by atoms with Gasteiger partial charge in [-0.3, -0.25) is 9.59 Å². The number of hydrogen-bond donors (Lipinski definition) is 6. The molecule has 0 aliphatic rings. The number of carboxylic acids is 3. The number of carbonyl (C=O) groups is 4. The molecule has 0 aromatic carbocycles. The molecule has 0 amide bonds. The van der Waals surface area contributed by atoms with Crippen LogP contribution in [0.1, 0.15) is 106 Å². The lowest BCUT2D eigenvalue weighted by Gasteiger charge is -2.22. The van der Waals surface area contributed by atoms with E-state index in [0.717, 1.165) is 55.7 Å². The molecule has 0 aliphatic heterocycles. The molecule has 6 unspecified atom stereocenters. The van der Waals surface area contributed by atoms with E-state index >= 15 is 0 Å². The molecular weight excluding hydrogens is 608 g/mol. The fraction of sp³-hybridized carbons (Fsp3) is 0.667. The van der Waals surface area contributed by atoms with Gasteiger partial charge in [-0.15, -0.1) is 0 Å². The topological polar surface area (TPSA) is 199 Å². The maximum Gasteiger partial charge on any atom is 0.331 e. The summed E-state index contributed by atoms with van der Waals surface area (Å²) in [6.45, 7) is 10.3. The predicted octanol–water partition coefficient (Wildman–Crippen LogP) is 5.69. The lowest BCUT2D eigenvalue weighted by molar-refractivity contribution is -0.157. The number of hydrogen-bond acceptors (Lipinski definition) is 8. The van der Waals surface area contributed by atoms with Crippen LogP contribution in [0.15, 0.2) is 46.6 Å². The van der Waals surface area contributed by atoms with Crippen molar-refractivity contribution in [1.82, 2.24) is 0 Å². The Kier molecular flexibility index (Phi) is 22.3. The van der Waals surface area contributed by atoms with Crippen LogP contribution in [0, 0.1) is 23.7 Å². The Labute approximate surface area is 279 Å². The smallest absolute Gasteiger partial charge is 0.331 e. The van der Waals surface area contributed by atoms with Gasteiger partial charge in [0.1, 0.15) is 17.9 Å². The van der Waals surface area contributed by atoms with E-state index in [-0.39, 0.29) is 0 Å². The molecule has 0 fully saturated rings. The third-order valence-corrected chi connectivity index (χ3v) is 8.08. The zero-order valence-corrected chi connectivity index (χ0v) is 29.0. The SMILES string of the molecule is CC(=C\C(=O)O)/C=C(\C)CC(C)CCCCC(OC(=O)/C=C(C)/C=C(\C)CC(C)CCCCC(O)C(CO)C(=O)O)C(CO)C(=O)O. The molecule has 6 N–H and O–H groups in total.